The van der Waals surface area contributed by atoms with E-state index in [1.54, 1.807) is 0 Å². The van der Waals surface area contributed by atoms with Gasteiger partial charge >= 0.3 is 0 Å². The largest absolute Gasteiger partial charge is 0.439 e. The Bertz CT molecular complexity index is 2710. The standard InChI is InChI=1S/C44H28N2O/c1-2-11-32(12-3-1)46-40-19-9-6-15-37(40)43-42-34(16-10-20-41(42)47-44(43)46)31-23-21-29(22-24-31)30-25-27-33(28-26-30)45-38-17-7-4-13-35(38)36-14-5-8-18-39(36)45/h1-28H. The number of benzene rings is 7. The van der Waals surface area contributed by atoms with Gasteiger partial charge in [-0.1, -0.05) is 121 Å². The van der Waals surface area contributed by atoms with Crippen molar-refractivity contribution in [3.8, 4) is 33.6 Å². The lowest BCUT2D eigenvalue weighted by molar-refractivity contribution is 0.645. The fourth-order valence-electron chi connectivity index (χ4n) is 7.45. The second kappa shape index (κ2) is 10.1. The van der Waals surface area contributed by atoms with Crippen LogP contribution in [0.3, 0.4) is 0 Å². The first-order valence-electron chi connectivity index (χ1n) is 16.0. The molecule has 0 saturated carbocycles. The first-order chi connectivity index (χ1) is 23.3. The molecule has 47 heavy (non-hydrogen) atoms. The Labute approximate surface area is 271 Å². The molecule has 0 amide bonds. The summed E-state index contributed by atoms with van der Waals surface area (Å²) in [5, 5.41) is 6.04. The molecule has 10 rings (SSSR count). The van der Waals surface area contributed by atoms with E-state index in [0.29, 0.717) is 0 Å². The van der Waals surface area contributed by atoms with Crippen LogP contribution < -0.4 is 0 Å². The van der Waals surface area contributed by atoms with Gasteiger partial charge in [0.25, 0.3) is 0 Å². The van der Waals surface area contributed by atoms with Crippen LogP contribution in [0.5, 0.6) is 0 Å². The van der Waals surface area contributed by atoms with Crippen LogP contribution in [-0.4, -0.2) is 9.13 Å². The quantitative estimate of drug-likeness (QED) is 0.197. The highest BCUT2D eigenvalue weighted by Crippen LogP contribution is 2.43. The van der Waals surface area contributed by atoms with Crippen molar-refractivity contribution >= 4 is 54.8 Å². The summed E-state index contributed by atoms with van der Waals surface area (Å²) in [6.07, 6.45) is 0. The molecule has 220 valence electrons. The molecule has 0 radical (unpaired) electrons. The van der Waals surface area contributed by atoms with Crippen molar-refractivity contribution in [2.75, 3.05) is 0 Å². The van der Waals surface area contributed by atoms with Gasteiger partial charge in [0.2, 0.25) is 5.71 Å². The number of hydrogen-bond donors (Lipinski definition) is 0. The summed E-state index contributed by atoms with van der Waals surface area (Å²) in [5.74, 6) is 0. The maximum absolute atomic E-state index is 6.63. The van der Waals surface area contributed by atoms with Gasteiger partial charge in [0, 0.05) is 32.9 Å². The Balaban J connectivity index is 1.06. The van der Waals surface area contributed by atoms with Crippen molar-refractivity contribution in [1.82, 2.24) is 9.13 Å². The Morgan fingerprint density at radius 1 is 0.340 bits per heavy atom. The van der Waals surface area contributed by atoms with E-state index in [-0.39, 0.29) is 0 Å². The fraction of sp³-hybridized carbons (Fsp3) is 0. The molecule has 3 aromatic heterocycles. The minimum atomic E-state index is 0.875. The van der Waals surface area contributed by atoms with Gasteiger partial charge in [0.1, 0.15) is 5.58 Å². The van der Waals surface area contributed by atoms with Crippen LogP contribution in [-0.2, 0) is 0 Å². The molecule has 0 N–H and O–H groups in total. The SMILES string of the molecule is c1ccc(-n2c3ccccc3c3c4c(-c5ccc(-c6ccc(-n7c8ccccc8c8ccccc87)cc6)cc5)cccc4oc32)cc1. The van der Waals surface area contributed by atoms with E-state index < -0.39 is 0 Å². The number of aromatic nitrogens is 2. The predicted molar refractivity (Wildman–Crippen MR) is 196 cm³/mol. The maximum Gasteiger partial charge on any atom is 0.213 e. The third kappa shape index (κ3) is 3.87. The van der Waals surface area contributed by atoms with Crippen molar-refractivity contribution in [2.24, 2.45) is 0 Å². The summed E-state index contributed by atoms with van der Waals surface area (Å²) in [4.78, 5) is 0. The average Bonchev–Trinajstić information content (AvgIpc) is 3.79. The molecule has 3 heterocycles. The van der Waals surface area contributed by atoms with E-state index >= 15 is 0 Å². The maximum atomic E-state index is 6.63. The molecule has 0 aliphatic carbocycles. The predicted octanol–water partition coefficient (Wildman–Crippen LogP) is 12.0. The highest BCUT2D eigenvalue weighted by Gasteiger charge is 2.21. The zero-order valence-corrected chi connectivity index (χ0v) is 25.5. The fourth-order valence-corrected chi connectivity index (χ4v) is 7.45. The third-order valence-corrected chi connectivity index (χ3v) is 9.56. The van der Waals surface area contributed by atoms with Crippen LogP contribution in [0.1, 0.15) is 0 Å². The molecule has 3 heteroatoms. The summed E-state index contributed by atoms with van der Waals surface area (Å²) in [7, 11) is 0. The van der Waals surface area contributed by atoms with Crippen LogP contribution >= 0.6 is 0 Å². The number of fused-ring (bicyclic) bond motifs is 8. The molecule has 0 aliphatic rings. The van der Waals surface area contributed by atoms with Gasteiger partial charge in [-0.05, 0) is 70.8 Å². The summed E-state index contributed by atoms with van der Waals surface area (Å²) in [6, 6.07) is 60.6. The van der Waals surface area contributed by atoms with E-state index in [9.17, 15) is 0 Å². The minimum absolute atomic E-state index is 0.875. The van der Waals surface area contributed by atoms with E-state index in [4.69, 9.17) is 4.42 Å². The molecule has 0 fully saturated rings. The number of hydrogen-bond acceptors (Lipinski definition) is 1. The molecular weight excluding hydrogens is 572 g/mol. The molecule has 0 spiro atoms. The van der Waals surface area contributed by atoms with Crippen LogP contribution in [0.25, 0.3) is 88.4 Å². The lowest BCUT2D eigenvalue weighted by atomic mass is 9.96. The molecule has 10 aromatic rings. The topological polar surface area (TPSA) is 23.0 Å². The van der Waals surface area contributed by atoms with Gasteiger partial charge in [-0.15, -0.1) is 0 Å². The zero-order chi connectivity index (χ0) is 30.9. The lowest BCUT2D eigenvalue weighted by Crippen LogP contribution is -1.93. The lowest BCUT2D eigenvalue weighted by Gasteiger charge is -2.10. The summed E-state index contributed by atoms with van der Waals surface area (Å²) < 4.78 is 11.2. The van der Waals surface area contributed by atoms with Crippen LogP contribution in [0.15, 0.2) is 174 Å². The van der Waals surface area contributed by atoms with E-state index in [0.717, 1.165) is 39.0 Å². The Kier molecular flexibility index (Phi) is 5.57. The number of nitrogens with zero attached hydrogens (tertiary/aromatic N) is 2. The van der Waals surface area contributed by atoms with Crippen molar-refractivity contribution in [3.63, 3.8) is 0 Å². The van der Waals surface area contributed by atoms with Gasteiger partial charge in [0.05, 0.1) is 21.9 Å². The normalized spacial score (nSPS) is 11.8. The second-order valence-corrected chi connectivity index (χ2v) is 12.1. The second-order valence-electron chi connectivity index (χ2n) is 12.1. The molecule has 0 unspecified atom stereocenters. The summed E-state index contributed by atoms with van der Waals surface area (Å²) in [6.45, 7) is 0. The van der Waals surface area contributed by atoms with Gasteiger partial charge in [-0.3, -0.25) is 4.57 Å². The number of para-hydroxylation sites is 4. The molecule has 3 nitrogen and oxygen atoms in total. The molecule has 0 saturated heterocycles. The highest BCUT2D eigenvalue weighted by molar-refractivity contribution is 6.23. The van der Waals surface area contributed by atoms with Crippen LogP contribution in [0.4, 0.5) is 0 Å². The molecular formula is C44H28N2O. The van der Waals surface area contributed by atoms with E-state index in [1.165, 1.54) is 49.4 Å². The average molecular weight is 601 g/mol. The minimum Gasteiger partial charge on any atom is -0.439 e. The van der Waals surface area contributed by atoms with Crippen LogP contribution in [0.2, 0.25) is 0 Å². The van der Waals surface area contributed by atoms with Crippen LogP contribution in [0, 0.1) is 0 Å². The smallest absolute Gasteiger partial charge is 0.213 e. The zero-order valence-electron chi connectivity index (χ0n) is 25.5. The van der Waals surface area contributed by atoms with Crippen molar-refractivity contribution in [3.05, 3.63) is 170 Å². The Morgan fingerprint density at radius 2 is 0.851 bits per heavy atom. The van der Waals surface area contributed by atoms with E-state index in [1.807, 2.05) is 6.07 Å². The van der Waals surface area contributed by atoms with Gasteiger partial charge < -0.3 is 8.98 Å². The molecule has 0 atom stereocenters. The first kappa shape index (κ1) is 26.0. The van der Waals surface area contributed by atoms with Crippen molar-refractivity contribution < 1.29 is 4.42 Å². The van der Waals surface area contributed by atoms with Crippen molar-refractivity contribution in [1.29, 1.82) is 0 Å². The van der Waals surface area contributed by atoms with Gasteiger partial charge in [-0.25, -0.2) is 0 Å². The first-order valence-corrected chi connectivity index (χ1v) is 16.0. The van der Waals surface area contributed by atoms with E-state index in [2.05, 4.69) is 173 Å². The summed E-state index contributed by atoms with van der Waals surface area (Å²) >= 11 is 0. The highest BCUT2D eigenvalue weighted by atomic mass is 16.3. The number of rotatable bonds is 4. The summed E-state index contributed by atoms with van der Waals surface area (Å²) in [5.41, 5.74) is 12.3. The molecule has 7 aromatic carbocycles. The van der Waals surface area contributed by atoms with Gasteiger partial charge in [-0.2, -0.15) is 0 Å². The Hall–Kier alpha value is -6.32. The number of furan rings is 1. The molecule has 0 bridgehead atoms. The molecule has 0 aliphatic heterocycles. The Morgan fingerprint density at radius 3 is 1.51 bits per heavy atom. The van der Waals surface area contributed by atoms with Crippen molar-refractivity contribution in [2.45, 2.75) is 0 Å². The third-order valence-electron chi connectivity index (χ3n) is 9.56. The van der Waals surface area contributed by atoms with Gasteiger partial charge in [0.15, 0.2) is 0 Å². The monoisotopic (exact) mass is 600 g/mol.